The lowest BCUT2D eigenvalue weighted by molar-refractivity contribution is 0.509. The van der Waals surface area contributed by atoms with Gasteiger partial charge in [-0.05, 0) is 58.4 Å². The van der Waals surface area contributed by atoms with Crippen LogP contribution in [0.2, 0.25) is 0 Å². The fraction of sp³-hybridized carbons (Fsp3) is 0.316. The van der Waals surface area contributed by atoms with Gasteiger partial charge in [0.15, 0.2) is 11.6 Å². The number of aromatic amines is 1. The monoisotopic (exact) mass is 316 g/mol. The minimum Gasteiger partial charge on any atom is -0.353 e. The third-order valence-corrected chi connectivity index (χ3v) is 3.79. The van der Waals surface area contributed by atoms with E-state index in [1.807, 2.05) is 26.8 Å². The number of aromatic nitrogens is 1. The molecule has 0 aliphatic carbocycles. The van der Waals surface area contributed by atoms with Gasteiger partial charge in [-0.25, -0.2) is 8.78 Å². The van der Waals surface area contributed by atoms with Gasteiger partial charge >= 0.3 is 0 Å². The number of halogens is 2. The molecule has 0 amide bonds. The van der Waals surface area contributed by atoms with Crippen molar-refractivity contribution in [3.8, 4) is 11.3 Å². The molecular formula is C19H22F2N2. The number of nitrogens with zero attached hydrogens (tertiary/aromatic N) is 1. The Morgan fingerprint density at radius 3 is 2.30 bits per heavy atom. The molecule has 0 spiro atoms. The SMILES string of the molecule is CC/C(C)=c1\cc(-c2ccc(F)c(F)c2)[nH]\c1=C(/C)N=C(C)C. The smallest absolute Gasteiger partial charge is 0.159 e. The van der Waals surface area contributed by atoms with Crippen LogP contribution in [0.15, 0.2) is 29.3 Å². The molecule has 2 aromatic rings. The first-order valence-electron chi connectivity index (χ1n) is 7.70. The van der Waals surface area contributed by atoms with E-state index in [9.17, 15) is 8.78 Å². The Hall–Kier alpha value is -2.23. The first-order valence-corrected chi connectivity index (χ1v) is 7.70. The Balaban J connectivity index is 2.78. The molecule has 2 nitrogen and oxygen atoms in total. The summed E-state index contributed by atoms with van der Waals surface area (Å²) < 4.78 is 26.6. The van der Waals surface area contributed by atoms with Gasteiger partial charge in [0.2, 0.25) is 0 Å². The van der Waals surface area contributed by atoms with Crippen LogP contribution < -0.4 is 10.6 Å². The molecule has 0 saturated heterocycles. The zero-order valence-corrected chi connectivity index (χ0v) is 14.2. The van der Waals surface area contributed by atoms with Gasteiger partial charge in [-0.2, -0.15) is 0 Å². The van der Waals surface area contributed by atoms with E-state index >= 15 is 0 Å². The van der Waals surface area contributed by atoms with Crippen LogP contribution in [-0.4, -0.2) is 10.7 Å². The Bertz CT molecular complexity index is 869. The fourth-order valence-electron chi connectivity index (χ4n) is 2.48. The van der Waals surface area contributed by atoms with Crippen LogP contribution in [0.25, 0.3) is 22.5 Å². The van der Waals surface area contributed by atoms with Gasteiger partial charge in [0.25, 0.3) is 0 Å². The Kier molecular flexibility index (Phi) is 5.14. The third-order valence-electron chi connectivity index (χ3n) is 3.79. The van der Waals surface area contributed by atoms with E-state index in [1.165, 1.54) is 11.6 Å². The van der Waals surface area contributed by atoms with Crippen molar-refractivity contribution in [2.45, 2.75) is 41.0 Å². The maximum atomic E-state index is 13.5. The van der Waals surface area contributed by atoms with E-state index in [1.54, 1.807) is 6.07 Å². The van der Waals surface area contributed by atoms with Crippen molar-refractivity contribution in [3.63, 3.8) is 0 Å². The molecule has 1 aromatic carbocycles. The second-order valence-corrected chi connectivity index (χ2v) is 5.88. The van der Waals surface area contributed by atoms with Gasteiger partial charge in [0.05, 0.1) is 11.0 Å². The molecule has 0 aliphatic rings. The molecule has 2 rings (SSSR count). The summed E-state index contributed by atoms with van der Waals surface area (Å²) in [6.45, 7) is 9.99. The summed E-state index contributed by atoms with van der Waals surface area (Å²) in [4.78, 5) is 7.83. The summed E-state index contributed by atoms with van der Waals surface area (Å²) in [6.07, 6.45) is 0.907. The van der Waals surface area contributed by atoms with Crippen LogP contribution in [0.3, 0.4) is 0 Å². The van der Waals surface area contributed by atoms with Crippen molar-refractivity contribution in [3.05, 3.63) is 46.5 Å². The molecule has 0 bridgehead atoms. The third kappa shape index (κ3) is 3.76. The molecule has 0 radical (unpaired) electrons. The molecule has 0 atom stereocenters. The summed E-state index contributed by atoms with van der Waals surface area (Å²) in [5, 5.41) is 1.99. The van der Waals surface area contributed by atoms with Crippen molar-refractivity contribution in [2.75, 3.05) is 0 Å². The maximum Gasteiger partial charge on any atom is 0.159 e. The van der Waals surface area contributed by atoms with Crippen LogP contribution in [0.1, 0.15) is 41.0 Å². The number of aliphatic imine (C=N–C) groups is 1. The first kappa shape index (κ1) is 17.1. The molecule has 0 aliphatic heterocycles. The molecule has 0 unspecified atom stereocenters. The first-order chi connectivity index (χ1) is 10.8. The van der Waals surface area contributed by atoms with Crippen molar-refractivity contribution in [1.82, 2.24) is 4.98 Å². The lowest BCUT2D eigenvalue weighted by Crippen LogP contribution is -2.26. The summed E-state index contributed by atoms with van der Waals surface area (Å²) >= 11 is 0. The number of benzene rings is 1. The van der Waals surface area contributed by atoms with Crippen LogP contribution in [0, 0.1) is 11.6 Å². The highest BCUT2D eigenvalue weighted by Gasteiger charge is 2.08. The van der Waals surface area contributed by atoms with Gasteiger partial charge in [0.1, 0.15) is 0 Å². The fourth-order valence-corrected chi connectivity index (χ4v) is 2.48. The zero-order chi connectivity index (χ0) is 17.1. The number of rotatable bonds is 3. The molecule has 23 heavy (non-hydrogen) atoms. The highest BCUT2D eigenvalue weighted by atomic mass is 19.2. The van der Waals surface area contributed by atoms with Crippen LogP contribution >= 0.6 is 0 Å². The van der Waals surface area contributed by atoms with E-state index in [0.29, 0.717) is 5.56 Å². The second kappa shape index (κ2) is 6.90. The normalized spacial score (nSPS) is 13.7. The predicted octanol–water partition coefficient (Wildman–Crippen LogP) is 4.15. The van der Waals surface area contributed by atoms with Crippen LogP contribution in [-0.2, 0) is 0 Å². The number of nitrogens with one attached hydrogen (secondary N) is 1. The standard InChI is InChI=1S/C19H22F2N2/c1-6-12(4)15-10-18(14-7-8-16(20)17(21)9-14)23-19(15)13(5)22-11(2)3/h7-10,23H,6H2,1-5H3/b15-12+,19-13+. The molecule has 1 aromatic heterocycles. The largest absolute Gasteiger partial charge is 0.353 e. The van der Waals surface area contributed by atoms with E-state index in [-0.39, 0.29) is 0 Å². The Morgan fingerprint density at radius 1 is 1.04 bits per heavy atom. The van der Waals surface area contributed by atoms with Crippen LogP contribution in [0.4, 0.5) is 8.78 Å². The Morgan fingerprint density at radius 2 is 1.74 bits per heavy atom. The van der Waals surface area contributed by atoms with Crippen LogP contribution in [0.5, 0.6) is 0 Å². The molecule has 0 saturated carbocycles. The topological polar surface area (TPSA) is 28.1 Å². The van der Waals surface area contributed by atoms with Gasteiger partial charge in [-0.1, -0.05) is 12.5 Å². The molecule has 122 valence electrons. The molecule has 1 heterocycles. The van der Waals surface area contributed by atoms with E-state index in [2.05, 4.69) is 23.8 Å². The molecular weight excluding hydrogens is 294 g/mol. The average molecular weight is 316 g/mol. The van der Waals surface area contributed by atoms with Crippen molar-refractivity contribution < 1.29 is 8.78 Å². The summed E-state index contributed by atoms with van der Waals surface area (Å²) in [5.74, 6) is -1.69. The van der Waals surface area contributed by atoms with Gasteiger partial charge in [0, 0.05) is 22.2 Å². The van der Waals surface area contributed by atoms with Crippen molar-refractivity contribution >= 4 is 17.0 Å². The Labute approximate surface area is 135 Å². The number of hydrogen-bond acceptors (Lipinski definition) is 1. The van der Waals surface area contributed by atoms with E-state index < -0.39 is 11.6 Å². The molecule has 1 N–H and O–H groups in total. The zero-order valence-electron chi connectivity index (χ0n) is 14.2. The van der Waals surface area contributed by atoms with Gasteiger partial charge in [-0.3, -0.25) is 4.99 Å². The number of H-pyrrole nitrogens is 1. The van der Waals surface area contributed by atoms with Gasteiger partial charge in [-0.15, -0.1) is 0 Å². The summed E-state index contributed by atoms with van der Waals surface area (Å²) in [6, 6.07) is 5.90. The highest BCUT2D eigenvalue weighted by molar-refractivity contribution is 5.82. The second-order valence-electron chi connectivity index (χ2n) is 5.88. The molecule has 0 fully saturated rings. The summed E-state index contributed by atoms with van der Waals surface area (Å²) in [7, 11) is 0. The lowest BCUT2D eigenvalue weighted by Gasteiger charge is -1.99. The summed E-state index contributed by atoms with van der Waals surface area (Å²) in [5.41, 5.74) is 4.43. The molecule has 4 heteroatoms. The average Bonchev–Trinajstić information content (AvgIpc) is 2.94. The highest BCUT2D eigenvalue weighted by Crippen LogP contribution is 2.18. The lowest BCUT2D eigenvalue weighted by atomic mass is 10.1. The van der Waals surface area contributed by atoms with E-state index in [0.717, 1.165) is 40.2 Å². The predicted molar refractivity (Wildman–Crippen MR) is 92.6 cm³/mol. The van der Waals surface area contributed by atoms with E-state index in [4.69, 9.17) is 0 Å². The number of hydrogen-bond donors (Lipinski definition) is 1. The maximum absolute atomic E-state index is 13.5. The van der Waals surface area contributed by atoms with Gasteiger partial charge < -0.3 is 4.98 Å². The quantitative estimate of drug-likeness (QED) is 0.824. The van der Waals surface area contributed by atoms with Crippen molar-refractivity contribution in [1.29, 1.82) is 0 Å². The van der Waals surface area contributed by atoms with Crippen molar-refractivity contribution in [2.24, 2.45) is 4.99 Å². The minimum absolute atomic E-state index is 0.616. The minimum atomic E-state index is -0.848.